The van der Waals surface area contributed by atoms with Crippen molar-refractivity contribution in [2.75, 3.05) is 12.1 Å². The van der Waals surface area contributed by atoms with Crippen LogP contribution in [0.25, 0.3) is 11.2 Å². The molecule has 0 aliphatic heterocycles. The third-order valence-corrected chi connectivity index (χ3v) is 8.36. The summed E-state index contributed by atoms with van der Waals surface area (Å²) in [7, 11) is -3.84. The molecule has 12 nitrogen and oxygen atoms in total. The molecule has 0 radical (unpaired) electrons. The molecule has 38 heavy (non-hydrogen) atoms. The first-order chi connectivity index (χ1) is 18.0. The zero-order valence-electron chi connectivity index (χ0n) is 21.4. The zero-order valence-corrected chi connectivity index (χ0v) is 23.0. The Kier molecular flexibility index (Phi) is 8.37. The lowest BCUT2D eigenvalue weighted by molar-refractivity contribution is -0.159. The number of anilines is 1. The van der Waals surface area contributed by atoms with Crippen molar-refractivity contribution in [1.82, 2.24) is 29.7 Å². The molecule has 1 aromatic carbocycles. The highest BCUT2D eigenvalue weighted by Crippen LogP contribution is 2.40. The Bertz CT molecular complexity index is 1360. The summed E-state index contributed by atoms with van der Waals surface area (Å²) in [6.07, 6.45) is 4.49. The molecule has 1 saturated carbocycles. The van der Waals surface area contributed by atoms with E-state index in [1.807, 2.05) is 0 Å². The molecule has 3 aromatic rings. The van der Waals surface area contributed by atoms with Crippen molar-refractivity contribution < 1.29 is 23.6 Å². The van der Waals surface area contributed by atoms with Crippen LogP contribution in [0.15, 0.2) is 36.9 Å². The Morgan fingerprint density at radius 2 is 1.95 bits per heavy atom. The number of aromatic nitrogens is 4. The first kappa shape index (κ1) is 28.0. The van der Waals surface area contributed by atoms with Crippen LogP contribution in [0.4, 0.5) is 5.82 Å². The van der Waals surface area contributed by atoms with Gasteiger partial charge in [0.05, 0.1) is 19.0 Å². The van der Waals surface area contributed by atoms with Crippen molar-refractivity contribution in [2.24, 2.45) is 0 Å². The summed E-state index contributed by atoms with van der Waals surface area (Å²) < 4.78 is 27.2. The fraction of sp³-hybridized carbons (Fsp3) is 0.458. The molecule has 1 amide bonds. The van der Waals surface area contributed by atoms with Gasteiger partial charge in [-0.1, -0.05) is 11.6 Å². The van der Waals surface area contributed by atoms with Gasteiger partial charge in [-0.25, -0.2) is 20.0 Å². The third kappa shape index (κ3) is 6.68. The van der Waals surface area contributed by atoms with Gasteiger partial charge in [0, 0.05) is 10.6 Å². The molecule has 1 aliphatic rings. The van der Waals surface area contributed by atoms with E-state index in [1.165, 1.54) is 18.5 Å². The van der Waals surface area contributed by atoms with Gasteiger partial charge in [0.15, 0.2) is 11.5 Å². The number of esters is 1. The van der Waals surface area contributed by atoms with E-state index in [0.717, 1.165) is 19.3 Å². The number of amides is 1. The summed E-state index contributed by atoms with van der Waals surface area (Å²) in [6, 6.07) is 6.14. The predicted octanol–water partition coefficient (Wildman–Crippen LogP) is 3.51. The maximum atomic E-state index is 14.1. The molecule has 2 heterocycles. The van der Waals surface area contributed by atoms with E-state index in [9.17, 15) is 14.2 Å². The lowest BCUT2D eigenvalue weighted by Gasteiger charge is -2.34. The summed E-state index contributed by atoms with van der Waals surface area (Å²) in [4.78, 5) is 38.2. The van der Waals surface area contributed by atoms with Gasteiger partial charge in [-0.05, 0) is 64.3 Å². The molecule has 204 valence electrons. The lowest BCUT2D eigenvalue weighted by Crippen LogP contribution is -2.50. The summed E-state index contributed by atoms with van der Waals surface area (Å²) in [5, 5.41) is 5.83. The molecule has 2 aromatic heterocycles. The minimum atomic E-state index is -3.84. The second kappa shape index (κ2) is 11.4. The van der Waals surface area contributed by atoms with Gasteiger partial charge >= 0.3 is 5.97 Å². The molecule has 1 aliphatic carbocycles. The Morgan fingerprint density at radius 1 is 1.24 bits per heavy atom. The van der Waals surface area contributed by atoms with Gasteiger partial charge in [-0.2, -0.15) is 0 Å². The second-order valence-electron chi connectivity index (χ2n) is 9.82. The van der Waals surface area contributed by atoms with Crippen LogP contribution in [0.1, 0.15) is 50.4 Å². The number of carbonyl (C=O) groups excluding carboxylic acids is 2. The van der Waals surface area contributed by atoms with Crippen LogP contribution in [-0.4, -0.2) is 55.5 Å². The average molecular weight is 564 g/mol. The number of nitrogens with one attached hydrogen (secondary N) is 2. The highest BCUT2D eigenvalue weighted by Gasteiger charge is 2.40. The quantitative estimate of drug-likeness (QED) is 0.232. The standard InChI is InChI=1S/C24H31ClN7O5P/c1-15(11-32-13-29-19-20(26)27-12-28-21(19)32)36-14-38(35,30-22(33)16-7-9-17(25)10-8-16)31-24(2,3)23(34)37-18-5-4-6-18/h7-10,12-13,15,18H,4-6,11,14H2,1-3H3,(H2,26,27,28)(H2,30,31,33,35)/t15-,38?/m0/s1. The Labute approximate surface area is 225 Å². The maximum absolute atomic E-state index is 14.1. The number of benzene rings is 1. The molecule has 14 heteroatoms. The predicted molar refractivity (Wildman–Crippen MR) is 143 cm³/mol. The van der Waals surface area contributed by atoms with Crippen molar-refractivity contribution in [3.8, 4) is 0 Å². The van der Waals surface area contributed by atoms with Crippen LogP contribution in [0.5, 0.6) is 0 Å². The van der Waals surface area contributed by atoms with Crippen molar-refractivity contribution >= 4 is 47.9 Å². The zero-order chi connectivity index (χ0) is 27.5. The minimum absolute atomic E-state index is 0.147. The number of ether oxygens (including phenoxy) is 2. The van der Waals surface area contributed by atoms with Gasteiger partial charge in [0.1, 0.15) is 29.8 Å². The first-order valence-electron chi connectivity index (χ1n) is 12.2. The molecule has 1 fully saturated rings. The maximum Gasteiger partial charge on any atom is 0.326 e. The Hall–Kier alpha value is -3.05. The second-order valence-corrected chi connectivity index (χ2v) is 12.4. The number of hydrogen-bond acceptors (Lipinski definition) is 9. The van der Waals surface area contributed by atoms with Crippen molar-refractivity contribution in [1.29, 1.82) is 0 Å². The van der Waals surface area contributed by atoms with Gasteiger partial charge in [0.25, 0.3) is 13.4 Å². The number of carbonyl (C=O) groups is 2. The van der Waals surface area contributed by atoms with Crippen LogP contribution in [0.3, 0.4) is 0 Å². The molecule has 1 unspecified atom stereocenters. The summed E-state index contributed by atoms with van der Waals surface area (Å²) in [6.45, 7) is 5.20. The molecular weight excluding hydrogens is 533 g/mol. The van der Waals surface area contributed by atoms with Gasteiger partial charge < -0.3 is 19.8 Å². The molecule has 4 rings (SSSR count). The number of hydrogen-bond donors (Lipinski definition) is 3. The highest BCUT2D eigenvalue weighted by molar-refractivity contribution is 7.60. The SMILES string of the molecule is C[C@@H](Cn1cnc2c(N)ncnc21)OCP(=O)(NC(=O)c1ccc(Cl)cc1)NC(C)(C)C(=O)OC1CCC1. The summed E-state index contributed by atoms with van der Waals surface area (Å²) >= 11 is 5.93. The summed E-state index contributed by atoms with van der Waals surface area (Å²) in [5.41, 5.74) is 5.75. The van der Waals surface area contributed by atoms with Crippen LogP contribution in [0, 0.1) is 0 Å². The fourth-order valence-electron chi connectivity index (χ4n) is 3.80. The largest absolute Gasteiger partial charge is 0.461 e. The number of imidazole rings is 1. The number of nitrogens with zero attached hydrogens (tertiary/aromatic N) is 4. The average Bonchev–Trinajstić information content (AvgIpc) is 3.24. The first-order valence-corrected chi connectivity index (χ1v) is 14.4. The van der Waals surface area contributed by atoms with E-state index in [0.29, 0.717) is 22.7 Å². The molecule has 2 atom stereocenters. The smallest absolute Gasteiger partial charge is 0.326 e. The Balaban J connectivity index is 1.48. The van der Waals surface area contributed by atoms with Gasteiger partial charge in [-0.15, -0.1) is 0 Å². The van der Waals surface area contributed by atoms with Crippen LogP contribution < -0.4 is 15.9 Å². The van der Waals surface area contributed by atoms with E-state index in [1.54, 1.807) is 43.8 Å². The van der Waals surface area contributed by atoms with Crippen molar-refractivity contribution in [3.05, 3.63) is 47.5 Å². The molecule has 0 saturated heterocycles. The lowest BCUT2D eigenvalue weighted by atomic mass is 9.96. The van der Waals surface area contributed by atoms with Crippen LogP contribution in [0.2, 0.25) is 5.02 Å². The number of nitrogen functional groups attached to an aromatic ring is 1. The number of fused-ring (bicyclic) bond motifs is 1. The number of halogens is 1. The Morgan fingerprint density at radius 3 is 2.61 bits per heavy atom. The number of rotatable bonds is 11. The number of nitrogens with two attached hydrogens (primary N) is 1. The normalized spacial score (nSPS) is 16.4. The van der Waals surface area contributed by atoms with E-state index in [-0.39, 0.29) is 17.5 Å². The minimum Gasteiger partial charge on any atom is -0.461 e. The van der Waals surface area contributed by atoms with E-state index in [2.05, 4.69) is 25.1 Å². The van der Waals surface area contributed by atoms with Crippen LogP contribution >= 0.6 is 19.0 Å². The molecule has 0 bridgehead atoms. The molecule has 4 N–H and O–H groups in total. The molecular formula is C24H31ClN7O5P. The highest BCUT2D eigenvalue weighted by atomic mass is 35.5. The van der Waals surface area contributed by atoms with E-state index >= 15 is 0 Å². The monoisotopic (exact) mass is 563 g/mol. The van der Waals surface area contributed by atoms with Crippen molar-refractivity contribution in [3.63, 3.8) is 0 Å². The van der Waals surface area contributed by atoms with E-state index < -0.39 is 37.3 Å². The van der Waals surface area contributed by atoms with Crippen LogP contribution in [-0.2, 0) is 25.4 Å². The van der Waals surface area contributed by atoms with Gasteiger partial charge in [0.2, 0.25) is 0 Å². The van der Waals surface area contributed by atoms with Gasteiger partial charge in [-0.3, -0.25) is 19.2 Å². The summed E-state index contributed by atoms with van der Waals surface area (Å²) in [5.74, 6) is -0.903. The topological polar surface area (TPSA) is 163 Å². The van der Waals surface area contributed by atoms with Crippen molar-refractivity contribution in [2.45, 2.75) is 64.3 Å². The van der Waals surface area contributed by atoms with E-state index in [4.69, 9.17) is 26.8 Å². The molecule has 0 spiro atoms. The fourth-order valence-corrected chi connectivity index (χ4v) is 6.03. The third-order valence-electron chi connectivity index (χ3n) is 6.11.